The summed E-state index contributed by atoms with van der Waals surface area (Å²) in [6, 6.07) is 21.0. The number of benzene rings is 3. The molecule has 1 atom stereocenters. The van der Waals surface area contributed by atoms with Crippen LogP contribution in [0.1, 0.15) is 22.3 Å². The highest BCUT2D eigenvalue weighted by Gasteiger charge is 2.33. The molecule has 0 radical (unpaired) electrons. The molecule has 0 spiro atoms. The van der Waals surface area contributed by atoms with E-state index in [0.29, 0.717) is 16.3 Å². The van der Waals surface area contributed by atoms with E-state index in [1.54, 1.807) is 25.1 Å². The van der Waals surface area contributed by atoms with Crippen LogP contribution in [-0.4, -0.2) is 51.0 Å². The summed E-state index contributed by atoms with van der Waals surface area (Å²) in [5.74, 6) is -0.827. The van der Waals surface area contributed by atoms with Gasteiger partial charge in [0.25, 0.3) is 0 Å². The topological polar surface area (TPSA) is 86.8 Å². The second-order valence-electron chi connectivity index (χ2n) is 8.97. The van der Waals surface area contributed by atoms with Gasteiger partial charge in [0.05, 0.1) is 11.9 Å². The van der Waals surface area contributed by atoms with Gasteiger partial charge in [-0.15, -0.1) is 0 Å². The first kappa shape index (κ1) is 28.2. The number of carbonyl (C=O) groups is 2. The molecule has 1 N–H and O–H groups in total. The van der Waals surface area contributed by atoms with Crippen molar-refractivity contribution in [2.45, 2.75) is 32.9 Å². The number of likely N-dealkylation sites (N-methyl/N-ethyl adjacent to an activating group) is 1. The molecule has 7 nitrogen and oxygen atoms in total. The van der Waals surface area contributed by atoms with Gasteiger partial charge in [-0.25, -0.2) is 8.42 Å². The molecule has 0 heterocycles. The second-order valence-corrected chi connectivity index (χ2v) is 11.3. The molecule has 0 unspecified atom stereocenters. The SMILES string of the molecule is CNC(=O)[C@@H](Cc1ccccc1)N(Cc1ccccc1C)C(=O)CN(c1ccc(Cl)cc1C)S(C)(=O)=O. The number of halogens is 1. The molecule has 0 saturated heterocycles. The Morgan fingerprint density at radius 1 is 0.946 bits per heavy atom. The Kier molecular flexibility index (Phi) is 9.34. The van der Waals surface area contributed by atoms with Gasteiger partial charge in [-0.05, 0) is 54.3 Å². The third-order valence-electron chi connectivity index (χ3n) is 6.23. The zero-order chi connectivity index (χ0) is 27.2. The van der Waals surface area contributed by atoms with E-state index in [1.807, 2.05) is 61.5 Å². The highest BCUT2D eigenvalue weighted by Crippen LogP contribution is 2.26. The summed E-state index contributed by atoms with van der Waals surface area (Å²) in [5, 5.41) is 3.14. The van der Waals surface area contributed by atoms with Gasteiger partial charge in [-0.1, -0.05) is 66.2 Å². The van der Waals surface area contributed by atoms with Gasteiger partial charge in [0.2, 0.25) is 21.8 Å². The van der Waals surface area contributed by atoms with E-state index in [2.05, 4.69) is 5.32 Å². The van der Waals surface area contributed by atoms with E-state index in [4.69, 9.17) is 11.6 Å². The van der Waals surface area contributed by atoms with Gasteiger partial charge < -0.3 is 10.2 Å². The lowest BCUT2D eigenvalue weighted by molar-refractivity contribution is -0.139. The fraction of sp³-hybridized carbons (Fsp3) is 0.286. The summed E-state index contributed by atoms with van der Waals surface area (Å²) >= 11 is 6.08. The lowest BCUT2D eigenvalue weighted by Gasteiger charge is -2.33. The Bertz CT molecular complexity index is 1360. The van der Waals surface area contributed by atoms with Crippen LogP contribution in [0.15, 0.2) is 72.8 Å². The van der Waals surface area contributed by atoms with Crippen molar-refractivity contribution >= 4 is 39.1 Å². The number of carbonyl (C=O) groups excluding carboxylic acids is 2. The lowest BCUT2D eigenvalue weighted by Crippen LogP contribution is -2.53. The van der Waals surface area contributed by atoms with Gasteiger partial charge in [0.15, 0.2) is 0 Å². The van der Waals surface area contributed by atoms with Crippen LogP contribution in [-0.2, 0) is 32.6 Å². The number of sulfonamides is 1. The van der Waals surface area contributed by atoms with E-state index in [9.17, 15) is 18.0 Å². The van der Waals surface area contributed by atoms with Gasteiger partial charge in [0.1, 0.15) is 12.6 Å². The number of aryl methyl sites for hydroxylation is 2. The average molecular weight is 542 g/mol. The normalized spacial score (nSPS) is 12.0. The monoisotopic (exact) mass is 541 g/mol. The van der Waals surface area contributed by atoms with Crippen LogP contribution in [0.25, 0.3) is 0 Å². The minimum atomic E-state index is -3.83. The van der Waals surface area contributed by atoms with Crippen LogP contribution >= 0.6 is 11.6 Å². The van der Waals surface area contributed by atoms with Crippen molar-refractivity contribution in [2.24, 2.45) is 0 Å². The zero-order valence-corrected chi connectivity index (χ0v) is 23.0. The molecule has 3 aromatic rings. The van der Waals surface area contributed by atoms with Gasteiger partial charge in [0, 0.05) is 25.0 Å². The van der Waals surface area contributed by atoms with Crippen molar-refractivity contribution in [2.75, 3.05) is 24.2 Å². The summed E-state index contributed by atoms with van der Waals surface area (Å²) < 4.78 is 26.7. The average Bonchev–Trinajstić information content (AvgIpc) is 2.85. The maximum Gasteiger partial charge on any atom is 0.244 e. The summed E-state index contributed by atoms with van der Waals surface area (Å²) in [6.07, 6.45) is 1.33. The number of nitrogens with zero attached hydrogens (tertiary/aromatic N) is 2. The standard InChI is InChI=1S/C28H32ClN3O4S/c1-20-10-8-9-13-23(20)18-31(26(28(34)30-3)17-22-11-6-5-7-12-22)27(33)19-32(37(4,35)36)25-15-14-24(29)16-21(25)2/h5-16,26H,17-19H2,1-4H3,(H,30,34)/t26-/m1/s1. The molecule has 0 bridgehead atoms. The molecule has 37 heavy (non-hydrogen) atoms. The minimum Gasteiger partial charge on any atom is -0.357 e. The molecule has 3 rings (SSSR count). The van der Waals surface area contributed by atoms with Crippen molar-refractivity contribution in [3.63, 3.8) is 0 Å². The predicted octanol–water partition coefficient (Wildman–Crippen LogP) is 4.11. The fourth-order valence-electron chi connectivity index (χ4n) is 4.19. The van der Waals surface area contributed by atoms with Gasteiger partial charge >= 0.3 is 0 Å². The second kappa shape index (κ2) is 12.3. The van der Waals surface area contributed by atoms with E-state index < -0.39 is 28.5 Å². The van der Waals surface area contributed by atoms with Crippen molar-refractivity contribution in [1.82, 2.24) is 10.2 Å². The molecular formula is C28H32ClN3O4S. The first-order chi connectivity index (χ1) is 17.5. The van der Waals surface area contributed by atoms with E-state index in [0.717, 1.165) is 27.3 Å². The smallest absolute Gasteiger partial charge is 0.244 e. The van der Waals surface area contributed by atoms with Crippen LogP contribution in [0.5, 0.6) is 0 Å². The molecule has 9 heteroatoms. The summed E-state index contributed by atoms with van der Waals surface area (Å²) in [7, 11) is -2.31. The molecular weight excluding hydrogens is 510 g/mol. The van der Waals surface area contributed by atoms with E-state index in [1.165, 1.54) is 11.9 Å². The zero-order valence-electron chi connectivity index (χ0n) is 21.4. The number of rotatable bonds is 10. The Balaban J connectivity index is 2.06. The quantitative estimate of drug-likeness (QED) is 0.418. The molecule has 0 fully saturated rings. The van der Waals surface area contributed by atoms with Crippen LogP contribution in [0.3, 0.4) is 0 Å². The first-order valence-corrected chi connectivity index (χ1v) is 14.1. The first-order valence-electron chi connectivity index (χ1n) is 11.8. The van der Waals surface area contributed by atoms with Crippen molar-refractivity contribution in [1.29, 1.82) is 0 Å². The van der Waals surface area contributed by atoms with Crippen molar-refractivity contribution < 1.29 is 18.0 Å². The number of amides is 2. The number of hydrogen-bond acceptors (Lipinski definition) is 4. The van der Waals surface area contributed by atoms with Crippen molar-refractivity contribution in [3.05, 3.63) is 100 Å². The Labute approximate surface area is 224 Å². The maximum atomic E-state index is 13.9. The van der Waals surface area contributed by atoms with Gasteiger partial charge in [-0.3, -0.25) is 13.9 Å². The number of nitrogens with one attached hydrogen (secondary N) is 1. The fourth-order valence-corrected chi connectivity index (χ4v) is 5.32. The molecule has 0 saturated carbocycles. The molecule has 196 valence electrons. The molecule has 0 aromatic heterocycles. The predicted molar refractivity (Wildman–Crippen MR) is 148 cm³/mol. The van der Waals surface area contributed by atoms with Gasteiger partial charge in [-0.2, -0.15) is 0 Å². The number of anilines is 1. The lowest BCUT2D eigenvalue weighted by atomic mass is 10.0. The van der Waals surface area contributed by atoms with Crippen LogP contribution < -0.4 is 9.62 Å². The van der Waals surface area contributed by atoms with Crippen LogP contribution in [0.4, 0.5) is 5.69 Å². The Hall–Kier alpha value is -3.36. The minimum absolute atomic E-state index is 0.146. The number of hydrogen-bond donors (Lipinski definition) is 1. The summed E-state index contributed by atoms with van der Waals surface area (Å²) in [5.41, 5.74) is 3.68. The van der Waals surface area contributed by atoms with Crippen LogP contribution in [0.2, 0.25) is 5.02 Å². The Morgan fingerprint density at radius 2 is 1.59 bits per heavy atom. The van der Waals surface area contributed by atoms with E-state index in [-0.39, 0.29) is 18.9 Å². The molecule has 0 aliphatic heterocycles. The largest absolute Gasteiger partial charge is 0.357 e. The highest BCUT2D eigenvalue weighted by molar-refractivity contribution is 7.92. The Morgan fingerprint density at radius 3 is 2.19 bits per heavy atom. The van der Waals surface area contributed by atoms with Crippen molar-refractivity contribution in [3.8, 4) is 0 Å². The highest BCUT2D eigenvalue weighted by atomic mass is 35.5. The molecule has 0 aliphatic carbocycles. The molecule has 2 amide bonds. The molecule has 0 aliphatic rings. The maximum absolute atomic E-state index is 13.9. The third-order valence-corrected chi connectivity index (χ3v) is 7.59. The summed E-state index contributed by atoms with van der Waals surface area (Å²) in [6.45, 7) is 3.35. The molecule has 3 aromatic carbocycles. The third kappa shape index (κ3) is 7.33. The summed E-state index contributed by atoms with van der Waals surface area (Å²) in [4.78, 5) is 28.5. The van der Waals surface area contributed by atoms with E-state index >= 15 is 0 Å². The van der Waals surface area contributed by atoms with Crippen LogP contribution in [0, 0.1) is 13.8 Å².